The Morgan fingerprint density at radius 2 is 0.448 bits per heavy atom. The van der Waals surface area contributed by atoms with Gasteiger partial charge in [-0.2, -0.15) is 0 Å². The molecular weight excluding hydrogens is 1200 g/mol. The molecule has 13 aromatic carbocycles. The highest BCUT2D eigenvalue weighted by atomic mass is 79.9. The van der Waals surface area contributed by atoms with E-state index in [1.165, 1.54) is 65.2 Å². The van der Waals surface area contributed by atoms with Gasteiger partial charge in [-0.15, -0.1) is 0 Å². The van der Waals surface area contributed by atoms with Crippen molar-refractivity contribution >= 4 is 119 Å². The highest BCUT2D eigenvalue weighted by Crippen LogP contribution is 2.46. The molecular formula is C78H52Br2N4O3. The Bertz CT molecular complexity index is 4880. The lowest BCUT2D eigenvalue weighted by Gasteiger charge is -2.21. The van der Waals surface area contributed by atoms with E-state index in [4.69, 9.17) is 14.6 Å². The Labute approximate surface area is 518 Å². The summed E-state index contributed by atoms with van der Waals surface area (Å²) in [7, 11) is 0. The van der Waals surface area contributed by atoms with Crippen LogP contribution in [0.2, 0.25) is 0 Å². The molecule has 17 rings (SSSR count). The molecule has 0 aliphatic heterocycles. The van der Waals surface area contributed by atoms with Gasteiger partial charge in [0.25, 0.3) is 0 Å². The van der Waals surface area contributed by atoms with E-state index in [-0.39, 0.29) is 0 Å². The number of para-hydroxylation sites is 11. The summed E-state index contributed by atoms with van der Waals surface area (Å²) in [4.78, 5) is 0. The van der Waals surface area contributed by atoms with Crippen molar-refractivity contribution in [1.82, 2.24) is 18.3 Å². The van der Waals surface area contributed by atoms with E-state index in [0.717, 1.165) is 65.3 Å². The van der Waals surface area contributed by atoms with Crippen molar-refractivity contribution in [3.05, 3.63) is 318 Å². The first-order valence-corrected chi connectivity index (χ1v) is 30.3. The van der Waals surface area contributed by atoms with E-state index in [1.807, 2.05) is 72.8 Å². The largest absolute Gasteiger partial charge is 0.508 e. The molecule has 0 saturated heterocycles. The lowest BCUT2D eigenvalue weighted by atomic mass is 10.2. The van der Waals surface area contributed by atoms with Crippen LogP contribution in [0.15, 0.2) is 318 Å². The van der Waals surface area contributed by atoms with Crippen molar-refractivity contribution in [2.75, 3.05) is 0 Å². The molecule has 416 valence electrons. The number of hydrogen-bond donors (Lipinski definition) is 1. The van der Waals surface area contributed by atoms with Crippen LogP contribution in [0, 0.1) is 0 Å². The zero-order valence-electron chi connectivity index (χ0n) is 46.8. The van der Waals surface area contributed by atoms with Crippen LogP contribution in [0.3, 0.4) is 0 Å². The van der Waals surface area contributed by atoms with Crippen LogP contribution in [-0.4, -0.2) is 23.4 Å². The molecule has 0 unspecified atom stereocenters. The molecule has 0 radical (unpaired) electrons. The van der Waals surface area contributed by atoms with Gasteiger partial charge in [0.1, 0.15) is 17.2 Å². The highest BCUT2D eigenvalue weighted by Gasteiger charge is 2.24. The Kier molecular flexibility index (Phi) is 13.9. The molecule has 7 nitrogen and oxygen atoms in total. The van der Waals surface area contributed by atoms with Gasteiger partial charge in [-0.1, -0.05) is 200 Å². The zero-order chi connectivity index (χ0) is 58.4. The van der Waals surface area contributed by atoms with Gasteiger partial charge in [0.2, 0.25) is 0 Å². The number of phenols is 1. The smallest absolute Gasteiger partial charge is 0.155 e. The Morgan fingerprint density at radius 1 is 0.230 bits per heavy atom. The summed E-state index contributed by atoms with van der Waals surface area (Å²) in [6.45, 7) is 0. The van der Waals surface area contributed by atoms with Crippen LogP contribution < -0.4 is 9.47 Å². The summed E-state index contributed by atoms with van der Waals surface area (Å²) in [6, 6.07) is 106. The van der Waals surface area contributed by atoms with E-state index < -0.39 is 0 Å². The topological polar surface area (TPSA) is 58.4 Å². The maximum Gasteiger partial charge on any atom is 0.155 e. The van der Waals surface area contributed by atoms with Crippen molar-refractivity contribution < 1.29 is 14.6 Å². The zero-order valence-corrected chi connectivity index (χ0v) is 49.9. The van der Waals surface area contributed by atoms with Crippen molar-refractivity contribution in [3.63, 3.8) is 0 Å². The standard InChI is InChI=1S/C42H28N2O2.C30H18Br2N2.C6H6O/c1-3-15-29(16-4-1)45-41-28-42(46-30-17-5-2-6-18-30)40(44-37-25-13-9-21-33(37)34-22-10-14-26-38(34)44)27-39(41)43-35-23-11-7-19-31(35)32-20-8-12-24-36(32)43;31-23-17-24(32)30(34-27-15-7-3-11-21(27)22-12-4-8-16-28(22)34)18-29(23)33-25-13-5-1-9-19(25)20-10-2-6-14-26(20)33;7-6-4-2-1-3-5-6/h1-28H;1-18H;1-5,7H. The summed E-state index contributed by atoms with van der Waals surface area (Å²) < 4.78 is 24.9. The van der Waals surface area contributed by atoms with Crippen molar-refractivity contribution in [1.29, 1.82) is 0 Å². The van der Waals surface area contributed by atoms with Gasteiger partial charge in [-0.05, 0) is 135 Å². The number of ether oxygens (including phenoxy) is 2. The number of rotatable bonds is 8. The van der Waals surface area contributed by atoms with Crippen LogP contribution in [0.1, 0.15) is 0 Å². The summed E-state index contributed by atoms with van der Waals surface area (Å²) >= 11 is 7.75. The average Bonchev–Trinajstić information content (AvgIpc) is 1.89. The first-order valence-electron chi connectivity index (χ1n) is 28.8. The van der Waals surface area contributed by atoms with Gasteiger partial charge in [0.15, 0.2) is 11.5 Å². The first-order chi connectivity index (χ1) is 42.9. The van der Waals surface area contributed by atoms with Gasteiger partial charge in [0, 0.05) is 58.1 Å². The minimum absolute atomic E-state index is 0.322. The second kappa shape index (κ2) is 22.8. The molecule has 17 aromatic rings. The second-order valence-corrected chi connectivity index (χ2v) is 22.9. The van der Waals surface area contributed by atoms with Crippen LogP contribution in [0.4, 0.5) is 0 Å². The lowest BCUT2D eigenvalue weighted by Crippen LogP contribution is -2.04. The number of aromatic hydroxyl groups is 1. The third kappa shape index (κ3) is 9.63. The summed E-state index contributed by atoms with van der Waals surface area (Å²) in [6.07, 6.45) is 0. The van der Waals surface area contributed by atoms with Crippen LogP contribution in [0.5, 0.6) is 28.7 Å². The molecule has 9 heteroatoms. The molecule has 0 fully saturated rings. The van der Waals surface area contributed by atoms with E-state index in [9.17, 15) is 0 Å². The fraction of sp³-hybridized carbons (Fsp3) is 0. The van der Waals surface area contributed by atoms with Gasteiger partial charge in [0.05, 0.1) is 66.9 Å². The Hall–Kier alpha value is -10.6. The summed E-state index contributed by atoms with van der Waals surface area (Å²) in [5, 5.41) is 18.4. The first kappa shape index (κ1) is 53.2. The number of benzene rings is 13. The molecule has 0 bridgehead atoms. The number of hydrogen-bond acceptors (Lipinski definition) is 3. The number of phenolic OH excluding ortho intramolecular Hbond substituents is 1. The molecule has 0 amide bonds. The Balaban J connectivity index is 0.000000136. The summed E-state index contributed by atoms with van der Waals surface area (Å²) in [5.74, 6) is 3.20. The quantitative estimate of drug-likeness (QED) is 0.165. The molecule has 0 atom stereocenters. The number of fused-ring (bicyclic) bond motifs is 12. The fourth-order valence-electron chi connectivity index (χ4n) is 12.3. The minimum Gasteiger partial charge on any atom is -0.508 e. The molecule has 1 N–H and O–H groups in total. The highest BCUT2D eigenvalue weighted by molar-refractivity contribution is 9.11. The second-order valence-electron chi connectivity index (χ2n) is 21.2. The van der Waals surface area contributed by atoms with Crippen LogP contribution in [0.25, 0.3) is 110 Å². The van der Waals surface area contributed by atoms with E-state index in [2.05, 4.69) is 262 Å². The van der Waals surface area contributed by atoms with Crippen LogP contribution >= 0.6 is 31.9 Å². The number of halogens is 2. The van der Waals surface area contributed by atoms with Gasteiger partial charge < -0.3 is 32.8 Å². The molecule has 4 heterocycles. The van der Waals surface area contributed by atoms with E-state index >= 15 is 0 Å². The molecule has 0 saturated carbocycles. The van der Waals surface area contributed by atoms with Gasteiger partial charge in [-0.25, -0.2) is 0 Å². The maximum atomic E-state index is 8.63. The molecule has 0 aliphatic rings. The maximum absolute atomic E-state index is 8.63. The van der Waals surface area contributed by atoms with E-state index in [1.54, 1.807) is 24.3 Å². The molecule has 0 aliphatic carbocycles. The minimum atomic E-state index is 0.322. The SMILES string of the molecule is Brc1cc(Br)c(-n2c3ccccc3c3ccccc32)cc1-n1c2ccccc2c2ccccc21.Oc1ccccc1.c1ccc(Oc2cc(Oc3ccccc3)c(-n3c4ccccc4c4ccccc43)cc2-n2c3ccccc3c3ccccc32)cc1. The van der Waals surface area contributed by atoms with Crippen LogP contribution in [-0.2, 0) is 0 Å². The predicted molar refractivity (Wildman–Crippen MR) is 367 cm³/mol. The molecule has 0 spiro atoms. The van der Waals surface area contributed by atoms with Gasteiger partial charge in [-0.3, -0.25) is 0 Å². The third-order valence-corrected chi connectivity index (χ3v) is 17.3. The molecule has 4 aromatic heterocycles. The fourth-order valence-corrected chi connectivity index (χ4v) is 13.7. The monoisotopic (exact) mass is 1250 g/mol. The van der Waals surface area contributed by atoms with Gasteiger partial charge >= 0.3 is 0 Å². The normalized spacial score (nSPS) is 11.4. The number of nitrogens with zero attached hydrogens (tertiary/aromatic N) is 4. The Morgan fingerprint density at radius 3 is 0.701 bits per heavy atom. The van der Waals surface area contributed by atoms with Crippen molar-refractivity contribution in [2.45, 2.75) is 0 Å². The molecule has 87 heavy (non-hydrogen) atoms. The number of aromatic nitrogens is 4. The average molecular weight is 1250 g/mol. The van der Waals surface area contributed by atoms with Crippen molar-refractivity contribution in [2.24, 2.45) is 0 Å². The lowest BCUT2D eigenvalue weighted by molar-refractivity contribution is 0.458. The summed E-state index contributed by atoms with van der Waals surface area (Å²) in [5.41, 5.74) is 13.2. The van der Waals surface area contributed by atoms with Crippen molar-refractivity contribution in [3.8, 4) is 51.5 Å². The third-order valence-electron chi connectivity index (χ3n) is 16.0. The predicted octanol–water partition coefficient (Wildman–Crippen LogP) is 22.3. The van der Waals surface area contributed by atoms with E-state index in [0.29, 0.717) is 17.2 Å².